The fourth-order valence-electron chi connectivity index (χ4n) is 5.59. The zero-order chi connectivity index (χ0) is 31.3. The van der Waals surface area contributed by atoms with Crippen LogP contribution in [0.5, 0.6) is 0 Å². The highest BCUT2D eigenvalue weighted by atomic mass is 35.5. The number of carbonyl (C=O) groups excluding carboxylic acids is 3. The number of nitrogens with zero attached hydrogens (tertiary/aromatic N) is 2. The smallest absolute Gasteiger partial charge is 0.276 e. The lowest BCUT2D eigenvalue weighted by Crippen LogP contribution is -2.31. The minimum Gasteiger partial charge on any atom is -0.398 e. The molecule has 5 N–H and O–H groups in total. The van der Waals surface area contributed by atoms with Gasteiger partial charge in [0.15, 0.2) is 5.69 Å². The Bertz CT molecular complexity index is 1410. The highest BCUT2D eigenvalue weighted by molar-refractivity contribution is 6.31. The number of nitrogens with one attached hydrogen (secondary N) is 3. The minimum atomic E-state index is -0.429. The molecular weight excluding hydrogens is 599 g/mol. The number of amides is 3. The summed E-state index contributed by atoms with van der Waals surface area (Å²) in [6, 6.07) is 13.0. The normalized spacial score (nSPS) is 15.4. The van der Waals surface area contributed by atoms with Gasteiger partial charge in [-0.3, -0.25) is 14.4 Å². The van der Waals surface area contributed by atoms with Crippen molar-refractivity contribution in [1.29, 1.82) is 0 Å². The molecule has 0 unspecified atom stereocenters. The van der Waals surface area contributed by atoms with Crippen molar-refractivity contribution in [3.63, 3.8) is 0 Å². The fourth-order valence-corrected chi connectivity index (χ4v) is 5.94. The molecular formula is C33H40Cl2N6O3. The summed E-state index contributed by atoms with van der Waals surface area (Å²) in [7, 11) is 0. The van der Waals surface area contributed by atoms with Crippen LogP contribution in [0.25, 0.3) is 0 Å². The third kappa shape index (κ3) is 10.2. The van der Waals surface area contributed by atoms with Crippen molar-refractivity contribution in [3.8, 4) is 0 Å². The third-order valence-corrected chi connectivity index (χ3v) is 8.56. The van der Waals surface area contributed by atoms with Crippen LogP contribution in [-0.4, -0.2) is 41.0 Å². The Morgan fingerprint density at radius 3 is 1.84 bits per heavy atom. The van der Waals surface area contributed by atoms with Gasteiger partial charge in [0.2, 0.25) is 0 Å². The predicted octanol–water partition coefficient (Wildman–Crippen LogP) is 6.92. The molecule has 2 saturated carbocycles. The molecule has 0 aliphatic heterocycles. The van der Waals surface area contributed by atoms with E-state index in [0.29, 0.717) is 50.9 Å². The number of nitrogen functional groups attached to an aromatic ring is 1. The molecule has 3 aromatic rings. The van der Waals surface area contributed by atoms with E-state index in [1.807, 2.05) is 0 Å². The molecule has 11 heteroatoms. The third-order valence-electron chi connectivity index (χ3n) is 8.09. The van der Waals surface area contributed by atoms with Crippen molar-refractivity contribution in [2.24, 2.45) is 11.8 Å². The average Bonchev–Trinajstić information content (AvgIpc) is 3.06. The highest BCUT2D eigenvalue weighted by Gasteiger charge is 2.19. The highest BCUT2D eigenvalue weighted by Crippen LogP contribution is 2.25. The van der Waals surface area contributed by atoms with Crippen LogP contribution in [0.3, 0.4) is 0 Å². The molecule has 234 valence electrons. The van der Waals surface area contributed by atoms with Crippen molar-refractivity contribution in [2.75, 3.05) is 24.1 Å². The maximum absolute atomic E-state index is 12.6. The van der Waals surface area contributed by atoms with E-state index in [2.05, 4.69) is 26.1 Å². The number of hydrogen-bond donors (Lipinski definition) is 4. The van der Waals surface area contributed by atoms with Crippen molar-refractivity contribution < 1.29 is 14.4 Å². The van der Waals surface area contributed by atoms with Gasteiger partial charge in [0.05, 0.1) is 16.8 Å². The van der Waals surface area contributed by atoms with E-state index in [-0.39, 0.29) is 17.5 Å². The molecule has 0 spiro atoms. The lowest BCUT2D eigenvalue weighted by molar-refractivity contribution is 0.0936. The standard InChI is InChI=1S/C19H21ClN4O2.C14H19ClN2O/c20-14-8-9-16(23-19(26)17-7-4-10-22-24-17)15(11-14)18(25)21-12-13-5-2-1-3-6-13;15-11-6-7-13(16)12(8-11)14(18)17-9-10-4-2-1-3-5-10/h4,7-11,13H,1-3,5-6,12H2,(H,21,25)(H,23,26);6-8,10H,1-5,9,16H2,(H,17,18). The van der Waals surface area contributed by atoms with Gasteiger partial charge in [0.1, 0.15) is 0 Å². The predicted molar refractivity (Wildman–Crippen MR) is 175 cm³/mol. The van der Waals surface area contributed by atoms with Crippen molar-refractivity contribution in [2.45, 2.75) is 64.2 Å². The van der Waals surface area contributed by atoms with Crippen LogP contribution in [0.15, 0.2) is 54.7 Å². The van der Waals surface area contributed by atoms with Gasteiger partial charge in [-0.2, -0.15) is 5.10 Å². The van der Waals surface area contributed by atoms with Crippen LogP contribution in [0.1, 0.15) is 95.4 Å². The largest absolute Gasteiger partial charge is 0.398 e. The number of aromatic nitrogens is 2. The Morgan fingerprint density at radius 1 is 0.727 bits per heavy atom. The monoisotopic (exact) mass is 638 g/mol. The van der Waals surface area contributed by atoms with Crippen molar-refractivity contribution in [1.82, 2.24) is 20.8 Å². The van der Waals surface area contributed by atoms with E-state index in [4.69, 9.17) is 28.9 Å². The number of carbonyl (C=O) groups is 3. The molecule has 2 fully saturated rings. The maximum atomic E-state index is 12.6. The minimum absolute atomic E-state index is 0.124. The van der Waals surface area contributed by atoms with Gasteiger partial charge in [-0.05, 0) is 86.1 Å². The van der Waals surface area contributed by atoms with Gasteiger partial charge in [0, 0.05) is 35.0 Å². The van der Waals surface area contributed by atoms with Gasteiger partial charge >= 0.3 is 0 Å². The first-order valence-corrected chi connectivity index (χ1v) is 16.1. The van der Waals surface area contributed by atoms with Gasteiger partial charge in [-0.15, -0.1) is 5.10 Å². The van der Waals surface area contributed by atoms with Crippen LogP contribution in [0, 0.1) is 11.8 Å². The molecule has 1 aromatic heterocycles. The maximum Gasteiger partial charge on any atom is 0.276 e. The van der Waals surface area contributed by atoms with Gasteiger partial charge in [-0.25, -0.2) is 0 Å². The Balaban J connectivity index is 0.000000215. The molecule has 1 heterocycles. The number of nitrogens with two attached hydrogens (primary N) is 1. The molecule has 0 saturated heterocycles. The number of rotatable bonds is 8. The summed E-state index contributed by atoms with van der Waals surface area (Å²) in [5, 5.41) is 17.1. The first-order chi connectivity index (χ1) is 21.3. The second-order valence-corrected chi connectivity index (χ2v) is 12.3. The summed E-state index contributed by atoms with van der Waals surface area (Å²) in [6.45, 7) is 1.38. The van der Waals surface area contributed by atoms with Gasteiger partial charge in [-0.1, -0.05) is 61.7 Å². The lowest BCUT2D eigenvalue weighted by Gasteiger charge is -2.22. The molecule has 2 aromatic carbocycles. The van der Waals surface area contributed by atoms with E-state index < -0.39 is 5.91 Å². The first kappa shape index (κ1) is 33.2. The Morgan fingerprint density at radius 2 is 1.27 bits per heavy atom. The summed E-state index contributed by atoms with van der Waals surface area (Å²) < 4.78 is 0. The second kappa shape index (κ2) is 17.0. The molecule has 44 heavy (non-hydrogen) atoms. The summed E-state index contributed by atoms with van der Waals surface area (Å²) in [5.74, 6) is 0.336. The van der Waals surface area contributed by atoms with Gasteiger partial charge < -0.3 is 21.7 Å². The van der Waals surface area contributed by atoms with Crippen LogP contribution in [0.4, 0.5) is 11.4 Å². The summed E-state index contributed by atoms with van der Waals surface area (Å²) in [5.41, 5.74) is 7.63. The van der Waals surface area contributed by atoms with Crippen molar-refractivity contribution in [3.05, 3.63) is 81.6 Å². The zero-order valence-electron chi connectivity index (χ0n) is 24.8. The van der Waals surface area contributed by atoms with Crippen molar-refractivity contribution >= 4 is 52.3 Å². The van der Waals surface area contributed by atoms with Crippen LogP contribution in [-0.2, 0) is 0 Å². The molecule has 3 amide bonds. The van der Waals surface area contributed by atoms with E-state index in [0.717, 1.165) is 19.4 Å². The summed E-state index contributed by atoms with van der Waals surface area (Å²) in [4.78, 5) is 36.9. The van der Waals surface area contributed by atoms with E-state index in [9.17, 15) is 14.4 Å². The Hall–Kier alpha value is -3.69. The van der Waals surface area contributed by atoms with Crippen LogP contribution >= 0.6 is 23.2 Å². The number of anilines is 2. The first-order valence-electron chi connectivity index (χ1n) is 15.3. The lowest BCUT2D eigenvalue weighted by atomic mass is 9.89. The van der Waals surface area contributed by atoms with Crippen LogP contribution in [0.2, 0.25) is 10.0 Å². The summed E-state index contributed by atoms with van der Waals surface area (Å²) in [6.07, 6.45) is 13.8. The molecule has 5 rings (SSSR count). The topological polar surface area (TPSA) is 139 Å². The molecule has 2 aliphatic rings. The Kier molecular flexibility index (Phi) is 12.8. The van der Waals surface area contributed by atoms with Gasteiger partial charge in [0.25, 0.3) is 17.7 Å². The molecule has 9 nitrogen and oxygen atoms in total. The molecule has 0 atom stereocenters. The number of hydrogen-bond acceptors (Lipinski definition) is 6. The van der Waals surface area contributed by atoms with Crippen LogP contribution < -0.4 is 21.7 Å². The van der Waals surface area contributed by atoms with E-state index >= 15 is 0 Å². The van der Waals surface area contributed by atoms with E-state index in [1.54, 1.807) is 48.5 Å². The molecule has 0 bridgehead atoms. The fraction of sp³-hybridized carbons (Fsp3) is 0.424. The SMILES string of the molecule is Nc1ccc(Cl)cc1C(=O)NCC1CCCCC1.O=C(Nc1ccc(Cl)cc1C(=O)NCC1CCCCC1)c1cccnn1. The second-order valence-electron chi connectivity index (χ2n) is 11.4. The molecule has 0 radical (unpaired) electrons. The summed E-state index contributed by atoms with van der Waals surface area (Å²) >= 11 is 11.9. The Labute approximate surface area is 268 Å². The quantitative estimate of drug-likeness (QED) is 0.197. The average molecular weight is 640 g/mol. The molecule has 2 aliphatic carbocycles. The van der Waals surface area contributed by atoms with E-state index in [1.165, 1.54) is 57.6 Å². The number of benzene rings is 2. The number of halogens is 2. The zero-order valence-corrected chi connectivity index (χ0v) is 26.3.